The molecule has 0 fully saturated rings. The van der Waals surface area contributed by atoms with Gasteiger partial charge in [0.15, 0.2) is 0 Å². The highest BCUT2D eigenvalue weighted by atomic mass is 32.2. The van der Waals surface area contributed by atoms with E-state index in [0.29, 0.717) is 18.7 Å². The number of nitrogens with one attached hydrogen (secondary N) is 3. The van der Waals surface area contributed by atoms with Crippen molar-refractivity contribution >= 4 is 10.0 Å². The maximum absolute atomic E-state index is 12.0. The van der Waals surface area contributed by atoms with Crippen molar-refractivity contribution in [2.24, 2.45) is 0 Å². The third kappa shape index (κ3) is 6.17. The SMILES string of the molecule is CCNCCCCS(=O)(=O)NC(CC)c1ncc[nH]1. The summed E-state index contributed by atoms with van der Waals surface area (Å²) in [5.41, 5.74) is 0. The molecular weight excluding hydrogens is 264 g/mol. The minimum absolute atomic E-state index is 0.162. The molecule has 6 nitrogen and oxygen atoms in total. The van der Waals surface area contributed by atoms with Gasteiger partial charge in [0.1, 0.15) is 5.82 Å². The standard InChI is InChI=1S/C12H24N4O2S/c1-3-11(12-14-8-9-15-12)16-19(17,18)10-6-5-7-13-4-2/h8-9,11,13,16H,3-7,10H2,1-2H3,(H,14,15). The van der Waals surface area contributed by atoms with E-state index in [4.69, 9.17) is 0 Å². The molecule has 1 aromatic heterocycles. The molecule has 0 aliphatic heterocycles. The Morgan fingerprint density at radius 2 is 2.16 bits per heavy atom. The van der Waals surface area contributed by atoms with Gasteiger partial charge in [0, 0.05) is 12.4 Å². The summed E-state index contributed by atoms with van der Waals surface area (Å²) < 4.78 is 26.6. The molecule has 0 aromatic carbocycles. The Bertz CT molecular complexity index is 431. The molecule has 0 radical (unpaired) electrons. The van der Waals surface area contributed by atoms with E-state index >= 15 is 0 Å². The van der Waals surface area contributed by atoms with Gasteiger partial charge in [-0.2, -0.15) is 0 Å². The number of unbranched alkanes of at least 4 members (excludes halogenated alkanes) is 1. The van der Waals surface area contributed by atoms with E-state index in [-0.39, 0.29) is 11.8 Å². The quantitative estimate of drug-likeness (QED) is 0.564. The number of aromatic nitrogens is 2. The first-order chi connectivity index (χ1) is 9.09. The predicted molar refractivity (Wildman–Crippen MR) is 76.3 cm³/mol. The molecule has 0 saturated carbocycles. The zero-order chi connectivity index (χ0) is 14.1. The molecule has 1 rings (SSSR count). The lowest BCUT2D eigenvalue weighted by Gasteiger charge is -2.14. The molecule has 1 heterocycles. The van der Waals surface area contributed by atoms with Gasteiger partial charge in [-0.1, -0.05) is 13.8 Å². The molecule has 1 unspecified atom stereocenters. The fourth-order valence-corrected chi connectivity index (χ4v) is 3.21. The Morgan fingerprint density at radius 3 is 2.74 bits per heavy atom. The highest BCUT2D eigenvalue weighted by Gasteiger charge is 2.19. The molecule has 0 aliphatic rings. The van der Waals surface area contributed by atoms with Gasteiger partial charge in [-0.3, -0.25) is 0 Å². The lowest BCUT2D eigenvalue weighted by atomic mass is 10.2. The van der Waals surface area contributed by atoms with Gasteiger partial charge >= 0.3 is 0 Å². The molecule has 0 saturated heterocycles. The average Bonchev–Trinajstić information content (AvgIpc) is 2.89. The summed E-state index contributed by atoms with van der Waals surface area (Å²) in [4.78, 5) is 7.05. The Hall–Kier alpha value is -0.920. The van der Waals surface area contributed by atoms with Gasteiger partial charge in [0.05, 0.1) is 11.8 Å². The molecule has 3 N–H and O–H groups in total. The third-order valence-electron chi connectivity index (χ3n) is 2.85. The number of hydrogen-bond donors (Lipinski definition) is 3. The van der Waals surface area contributed by atoms with E-state index in [2.05, 4.69) is 20.0 Å². The lowest BCUT2D eigenvalue weighted by molar-refractivity contribution is 0.535. The second-order valence-electron chi connectivity index (χ2n) is 4.43. The first-order valence-corrected chi connectivity index (χ1v) is 8.44. The van der Waals surface area contributed by atoms with Crippen molar-refractivity contribution in [2.75, 3.05) is 18.8 Å². The van der Waals surface area contributed by atoms with E-state index < -0.39 is 10.0 Å². The van der Waals surface area contributed by atoms with E-state index in [9.17, 15) is 8.42 Å². The normalized spacial score (nSPS) is 13.6. The summed E-state index contributed by atoms with van der Waals surface area (Å²) in [7, 11) is -3.24. The summed E-state index contributed by atoms with van der Waals surface area (Å²) in [5, 5.41) is 3.18. The van der Waals surface area contributed by atoms with Crippen molar-refractivity contribution in [3.05, 3.63) is 18.2 Å². The molecule has 0 bridgehead atoms. The molecular formula is C12H24N4O2S. The third-order valence-corrected chi connectivity index (χ3v) is 4.32. The lowest BCUT2D eigenvalue weighted by Crippen LogP contribution is -2.31. The molecule has 0 amide bonds. The average molecular weight is 288 g/mol. The molecule has 7 heteroatoms. The smallest absolute Gasteiger partial charge is 0.212 e. The van der Waals surface area contributed by atoms with E-state index in [0.717, 1.165) is 19.5 Å². The second kappa shape index (κ2) is 8.29. The van der Waals surface area contributed by atoms with Gasteiger partial charge in [-0.25, -0.2) is 18.1 Å². The van der Waals surface area contributed by atoms with Gasteiger partial charge in [-0.15, -0.1) is 0 Å². The van der Waals surface area contributed by atoms with Gasteiger partial charge in [-0.05, 0) is 32.4 Å². The van der Waals surface area contributed by atoms with Crippen LogP contribution in [0.5, 0.6) is 0 Å². The van der Waals surface area contributed by atoms with Crippen LogP contribution >= 0.6 is 0 Å². The first kappa shape index (κ1) is 16.1. The highest BCUT2D eigenvalue weighted by Crippen LogP contribution is 2.13. The number of sulfonamides is 1. The Labute approximate surface area is 115 Å². The second-order valence-corrected chi connectivity index (χ2v) is 6.31. The zero-order valence-electron chi connectivity index (χ0n) is 11.6. The van der Waals surface area contributed by atoms with Crippen molar-refractivity contribution in [3.63, 3.8) is 0 Å². The Kier molecular flexibility index (Phi) is 7.04. The van der Waals surface area contributed by atoms with Crippen molar-refractivity contribution in [1.29, 1.82) is 0 Å². The number of H-pyrrole nitrogens is 1. The number of rotatable bonds is 10. The van der Waals surface area contributed by atoms with E-state index in [1.54, 1.807) is 12.4 Å². The topological polar surface area (TPSA) is 86.9 Å². The zero-order valence-corrected chi connectivity index (χ0v) is 12.5. The Morgan fingerprint density at radius 1 is 1.37 bits per heavy atom. The van der Waals surface area contributed by atoms with E-state index in [1.807, 2.05) is 13.8 Å². The minimum Gasteiger partial charge on any atom is -0.347 e. The van der Waals surface area contributed by atoms with Crippen LogP contribution in [0.4, 0.5) is 0 Å². The van der Waals surface area contributed by atoms with Gasteiger partial charge < -0.3 is 10.3 Å². The summed E-state index contributed by atoms with van der Waals surface area (Å²) in [6, 6.07) is -0.270. The first-order valence-electron chi connectivity index (χ1n) is 6.79. The molecule has 0 aliphatic carbocycles. The summed E-state index contributed by atoms with van der Waals surface area (Å²) in [6.07, 6.45) is 5.53. The van der Waals surface area contributed by atoms with Crippen LogP contribution in [0.25, 0.3) is 0 Å². The molecule has 19 heavy (non-hydrogen) atoms. The molecule has 110 valence electrons. The maximum Gasteiger partial charge on any atom is 0.212 e. The van der Waals surface area contributed by atoms with Crippen molar-refractivity contribution < 1.29 is 8.42 Å². The molecule has 0 spiro atoms. The fraction of sp³-hybridized carbons (Fsp3) is 0.750. The Balaban J connectivity index is 2.40. The van der Waals surface area contributed by atoms with Crippen molar-refractivity contribution in [1.82, 2.24) is 20.0 Å². The number of nitrogens with zero attached hydrogens (tertiary/aromatic N) is 1. The van der Waals surface area contributed by atoms with Crippen molar-refractivity contribution in [3.8, 4) is 0 Å². The largest absolute Gasteiger partial charge is 0.347 e. The number of imidazole rings is 1. The van der Waals surface area contributed by atoms with Crippen molar-refractivity contribution in [2.45, 2.75) is 39.2 Å². The maximum atomic E-state index is 12.0. The highest BCUT2D eigenvalue weighted by molar-refractivity contribution is 7.89. The summed E-state index contributed by atoms with van der Waals surface area (Å²) in [5.74, 6) is 0.828. The predicted octanol–water partition coefficient (Wildman–Crippen LogP) is 1.17. The number of hydrogen-bond acceptors (Lipinski definition) is 4. The van der Waals surface area contributed by atoms with Crippen LogP contribution in [0.3, 0.4) is 0 Å². The minimum atomic E-state index is -3.24. The summed E-state index contributed by atoms with van der Waals surface area (Å²) >= 11 is 0. The number of aromatic amines is 1. The van der Waals surface area contributed by atoms with Crippen LogP contribution in [-0.2, 0) is 10.0 Å². The van der Waals surface area contributed by atoms with Crippen LogP contribution in [0, 0.1) is 0 Å². The summed E-state index contributed by atoms with van der Waals surface area (Å²) in [6.45, 7) is 5.75. The van der Waals surface area contributed by atoms with Crippen LogP contribution < -0.4 is 10.0 Å². The van der Waals surface area contributed by atoms with Crippen LogP contribution in [-0.4, -0.2) is 37.2 Å². The molecule has 1 aromatic rings. The van der Waals surface area contributed by atoms with E-state index in [1.165, 1.54) is 0 Å². The molecule has 1 atom stereocenters. The van der Waals surface area contributed by atoms with Gasteiger partial charge in [0.25, 0.3) is 0 Å². The van der Waals surface area contributed by atoms with Crippen LogP contribution in [0.15, 0.2) is 12.4 Å². The monoisotopic (exact) mass is 288 g/mol. The van der Waals surface area contributed by atoms with Crippen LogP contribution in [0.1, 0.15) is 45.0 Å². The van der Waals surface area contributed by atoms with Gasteiger partial charge in [0.2, 0.25) is 10.0 Å². The fourth-order valence-electron chi connectivity index (χ4n) is 1.80. The van der Waals surface area contributed by atoms with Crippen LogP contribution in [0.2, 0.25) is 0 Å².